The fourth-order valence-corrected chi connectivity index (χ4v) is 3.56. The normalized spacial score (nSPS) is 11.4. The quantitative estimate of drug-likeness (QED) is 0.425. The van der Waals surface area contributed by atoms with Gasteiger partial charge in [-0.05, 0) is 42.8 Å². The summed E-state index contributed by atoms with van der Waals surface area (Å²) in [6.45, 7) is 4.10. The number of pyridine rings is 1. The van der Waals surface area contributed by atoms with E-state index in [9.17, 15) is 4.79 Å². The summed E-state index contributed by atoms with van der Waals surface area (Å²) in [5.41, 5.74) is 5.58. The molecule has 1 aromatic carbocycles. The van der Waals surface area contributed by atoms with Crippen molar-refractivity contribution >= 4 is 22.3 Å². The van der Waals surface area contributed by atoms with Crippen molar-refractivity contribution in [1.29, 1.82) is 0 Å². The Hall–Kier alpha value is -3.94. The van der Waals surface area contributed by atoms with Gasteiger partial charge in [0.1, 0.15) is 0 Å². The first kappa shape index (κ1) is 19.0. The molecule has 5 rings (SSSR count). The van der Waals surface area contributed by atoms with Crippen LogP contribution in [0.1, 0.15) is 30.4 Å². The zero-order chi connectivity index (χ0) is 21.4. The summed E-state index contributed by atoms with van der Waals surface area (Å²) < 4.78 is 3.47. The Bertz CT molecular complexity index is 1420. The zero-order valence-corrected chi connectivity index (χ0v) is 17.4. The molecule has 0 saturated heterocycles. The summed E-state index contributed by atoms with van der Waals surface area (Å²) in [5.74, 6) is 0.950. The van der Waals surface area contributed by atoms with Crippen molar-refractivity contribution in [3.05, 3.63) is 72.1 Å². The lowest BCUT2D eigenvalue weighted by Gasteiger charge is -2.05. The van der Waals surface area contributed by atoms with Crippen molar-refractivity contribution in [3.63, 3.8) is 0 Å². The molecule has 31 heavy (non-hydrogen) atoms. The van der Waals surface area contributed by atoms with Crippen molar-refractivity contribution in [1.82, 2.24) is 34.6 Å². The molecule has 0 amide bonds. The van der Waals surface area contributed by atoms with Crippen molar-refractivity contribution < 1.29 is 4.79 Å². The lowest BCUT2D eigenvalue weighted by atomic mass is 10.0. The number of rotatable bonds is 6. The number of fused-ring (bicyclic) bond motifs is 2. The smallest absolute Gasteiger partial charge is 0.177 e. The predicted molar refractivity (Wildman–Crippen MR) is 117 cm³/mol. The molecule has 0 atom stereocenters. The maximum atomic E-state index is 11.7. The minimum Gasteiger partial charge on any atom is -0.298 e. The lowest BCUT2D eigenvalue weighted by Crippen LogP contribution is -2.08. The number of hydrogen-bond acceptors (Lipinski definition) is 6. The average Bonchev–Trinajstić information content (AvgIpc) is 3.40. The van der Waals surface area contributed by atoms with Gasteiger partial charge in [0.2, 0.25) is 0 Å². The van der Waals surface area contributed by atoms with Gasteiger partial charge in [-0.3, -0.25) is 14.5 Å². The summed E-state index contributed by atoms with van der Waals surface area (Å²) in [5, 5.41) is 18.4. The summed E-state index contributed by atoms with van der Waals surface area (Å²) in [7, 11) is 0. The molecule has 4 heterocycles. The largest absolute Gasteiger partial charge is 0.298 e. The highest BCUT2D eigenvalue weighted by Crippen LogP contribution is 2.24. The standard InChI is InChI=1S/C23H21N7O/c1-3-20(31)14-29-13-19(12-25-29)18-10-17-8-16(5-6-21(17)24-11-18)9-23-27-26-22-7-4-15(2)28-30(22)23/h4-8,10-13H,3,9,14H2,1-2H3. The van der Waals surface area contributed by atoms with Gasteiger partial charge >= 0.3 is 0 Å². The van der Waals surface area contributed by atoms with Gasteiger partial charge in [0.05, 0.1) is 24.0 Å². The van der Waals surface area contributed by atoms with Crippen LogP contribution in [-0.2, 0) is 17.8 Å². The first-order valence-electron chi connectivity index (χ1n) is 10.2. The van der Waals surface area contributed by atoms with Gasteiger partial charge in [0.15, 0.2) is 17.3 Å². The number of nitrogens with zero attached hydrogens (tertiary/aromatic N) is 7. The third kappa shape index (κ3) is 3.79. The molecule has 0 bridgehead atoms. The third-order valence-corrected chi connectivity index (χ3v) is 5.27. The van der Waals surface area contributed by atoms with Gasteiger partial charge in [-0.2, -0.15) is 14.7 Å². The molecule has 0 spiro atoms. The molecule has 0 aliphatic rings. The van der Waals surface area contributed by atoms with Crippen molar-refractivity contribution in [2.24, 2.45) is 0 Å². The van der Waals surface area contributed by atoms with E-state index < -0.39 is 0 Å². The van der Waals surface area contributed by atoms with Gasteiger partial charge in [-0.25, -0.2) is 0 Å². The van der Waals surface area contributed by atoms with Crippen LogP contribution in [0.5, 0.6) is 0 Å². The molecule has 154 valence electrons. The Morgan fingerprint density at radius 2 is 1.94 bits per heavy atom. The molecular formula is C23H21N7O. The summed E-state index contributed by atoms with van der Waals surface area (Å²) in [4.78, 5) is 16.3. The number of aromatic nitrogens is 7. The Morgan fingerprint density at radius 3 is 2.81 bits per heavy atom. The molecule has 0 aliphatic carbocycles. The number of carbonyl (C=O) groups is 1. The molecule has 8 nitrogen and oxygen atoms in total. The second-order valence-corrected chi connectivity index (χ2v) is 7.61. The number of benzene rings is 1. The highest BCUT2D eigenvalue weighted by atomic mass is 16.1. The minimum atomic E-state index is 0.154. The molecule has 0 fully saturated rings. The molecule has 0 unspecified atom stereocenters. The van der Waals surface area contributed by atoms with Crippen LogP contribution < -0.4 is 0 Å². The van der Waals surface area contributed by atoms with Crippen molar-refractivity contribution in [2.75, 3.05) is 0 Å². The van der Waals surface area contributed by atoms with Crippen LogP contribution in [0.15, 0.2) is 55.0 Å². The Kier molecular flexibility index (Phi) is 4.74. The van der Waals surface area contributed by atoms with Crippen LogP contribution in [0.3, 0.4) is 0 Å². The van der Waals surface area contributed by atoms with Crippen LogP contribution >= 0.6 is 0 Å². The number of carbonyl (C=O) groups excluding carboxylic acids is 1. The van der Waals surface area contributed by atoms with Gasteiger partial charge < -0.3 is 0 Å². The maximum absolute atomic E-state index is 11.7. The second kappa shape index (κ2) is 7.71. The first-order chi connectivity index (χ1) is 15.1. The predicted octanol–water partition coefficient (Wildman–Crippen LogP) is 3.41. The van der Waals surface area contributed by atoms with Crippen LogP contribution in [0.2, 0.25) is 0 Å². The van der Waals surface area contributed by atoms with Crippen LogP contribution in [0.25, 0.3) is 27.7 Å². The van der Waals surface area contributed by atoms with Gasteiger partial charge in [-0.1, -0.05) is 13.0 Å². The van der Waals surface area contributed by atoms with E-state index in [1.807, 2.05) is 44.4 Å². The van der Waals surface area contributed by atoms with Gasteiger partial charge in [-0.15, -0.1) is 10.2 Å². The Balaban J connectivity index is 1.45. The molecule has 0 aliphatic heterocycles. The van der Waals surface area contributed by atoms with Crippen LogP contribution in [0, 0.1) is 6.92 Å². The van der Waals surface area contributed by atoms with E-state index in [4.69, 9.17) is 0 Å². The van der Waals surface area contributed by atoms with Gasteiger partial charge in [0.25, 0.3) is 0 Å². The summed E-state index contributed by atoms with van der Waals surface area (Å²) >= 11 is 0. The van der Waals surface area contributed by atoms with Crippen LogP contribution in [0.4, 0.5) is 0 Å². The lowest BCUT2D eigenvalue weighted by molar-refractivity contribution is -0.119. The summed E-state index contributed by atoms with van der Waals surface area (Å²) in [6.07, 6.45) is 6.62. The number of hydrogen-bond donors (Lipinski definition) is 0. The van der Waals surface area contributed by atoms with Crippen molar-refractivity contribution in [3.8, 4) is 11.1 Å². The number of aryl methyl sites for hydroxylation is 1. The first-order valence-corrected chi connectivity index (χ1v) is 10.2. The fraction of sp³-hybridized carbons (Fsp3) is 0.217. The molecule has 5 aromatic rings. The monoisotopic (exact) mass is 411 g/mol. The Labute approximate surface area is 178 Å². The van der Waals surface area contributed by atoms with E-state index in [2.05, 4.69) is 43.6 Å². The van der Waals surface area contributed by atoms with E-state index in [1.165, 1.54) is 0 Å². The van der Waals surface area contributed by atoms with E-state index >= 15 is 0 Å². The SMILES string of the molecule is CCC(=O)Cn1cc(-c2cnc3ccc(Cc4nnc5ccc(C)nn45)cc3c2)cn1. The molecular weight excluding hydrogens is 390 g/mol. The Morgan fingerprint density at radius 1 is 1.03 bits per heavy atom. The highest BCUT2D eigenvalue weighted by molar-refractivity contribution is 5.84. The zero-order valence-electron chi connectivity index (χ0n) is 17.4. The van der Waals surface area contributed by atoms with E-state index in [-0.39, 0.29) is 5.78 Å². The minimum absolute atomic E-state index is 0.154. The fourth-order valence-electron chi connectivity index (χ4n) is 3.56. The molecule has 0 radical (unpaired) electrons. The van der Waals surface area contributed by atoms with Crippen LogP contribution in [-0.4, -0.2) is 40.4 Å². The average molecular weight is 411 g/mol. The molecule has 0 saturated carbocycles. The molecule has 4 aromatic heterocycles. The molecule has 0 N–H and O–H groups in total. The topological polar surface area (TPSA) is 90.9 Å². The maximum Gasteiger partial charge on any atom is 0.177 e. The van der Waals surface area contributed by atoms with Gasteiger partial charge in [0, 0.05) is 41.7 Å². The van der Waals surface area contributed by atoms with E-state index in [1.54, 1.807) is 15.4 Å². The van der Waals surface area contributed by atoms with E-state index in [0.717, 1.165) is 44.8 Å². The second-order valence-electron chi connectivity index (χ2n) is 7.61. The number of Topliss-reactive ketones (excluding diaryl/α,β-unsaturated/α-hetero) is 1. The summed E-state index contributed by atoms with van der Waals surface area (Å²) in [6, 6.07) is 12.1. The number of ketones is 1. The molecule has 8 heteroatoms. The highest BCUT2D eigenvalue weighted by Gasteiger charge is 2.10. The van der Waals surface area contributed by atoms with Crippen molar-refractivity contribution in [2.45, 2.75) is 33.2 Å². The van der Waals surface area contributed by atoms with E-state index in [0.29, 0.717) is 19.4 Å². The third-order valence-electron chi connectivity index (χ3n) is 5.27.